The highest BCUT2D eigenvalue weighted by Crippen LogP contribution is 2.18. The second kappa shape index (κ2) is 9.56. The zero-order valence-electron chi connectivity index (χ0n) is 14.8. The molecule has 0 saturated carbocycles. The van der Waals surface area contributed by atoms with Gasteiger partial charge in [0.15, 0.2) is 0 Å². The summed E-state index contributed by atoms with van der Waals surface area (Å²) in [6, 6.07) is 9.00. The van der Waals surface area contributed by atoms with Crippen molar-refractivity contribution in [3.63, 3.8) is 0 Å². The fourth-order valence-electron chi connectivity index (χ4n) is 2.92. The smallest absolute Gasteiger partial charge is 0.237 e. The van der Waals surface area contributed by atoms with Crippen LogP contribution in [0.5, 0.6) is 5.75 Å². The lowest BCUT2D eigenvalue weighted by molar-refractivity contribution is -0.124. The zero-order chi connectivity index (χ0) is 17.6. The van der Waals surface area contributed by atoms with E-state index in [-0.39, 0.29) is 24.2 Å². The van der Waals surface area contributed by atoms with E-state index in [1.807, 2.05) is 36.5 Å². The van der Waals surface area contributed by atoms with E-state index in [9.17, 15) is 4.79 Å². The van der Waals surface area contributed by atoms with Gasteiger partial charge in [-0.3, -0.25) is 4.79 Å². The van der Waals surface area contributed by atoms with Gasteiger partial charge in [0, 0.05) is 19.4 Å². The topological polar surface area (TPSA) is 91.4 Å². The third kappa shape index (κ3) is 4.97. The number of amides is 1. The first-order valence-electron chi connectivity index (χ1n) is 8.47. The normalized spacial score (nSPS) is 15.8. The van der Waals surface area contributed by atoms with E-state index >= 15 is 0 Å². The van der Waals surface area contributed by atoms with Gasteiger partial charge in [-0.15, -0.1) is 12.4 Å². The Kier molecular flexibility index (Phi) is 7.44. The number of rotatable bonds is 6. The van der Waals surface area contributed by atoms with E-state index in [0.717, 1.165) is 30.0 Å². The molecule has 1 atom stereocenters. The van der Waals surface area contributed by atoms with Crippen molar-refractivity contribution in [2.24, 2.45) is 11.7 Å². The van der Waals surface area contributed by atoms with Gasteiger partial charge < -0.3 is 20.5 Å². The summed E-state index contributed by atoms with van der Waals surface area (Å²) in [6.45, 7) is 1.72. The molecule has 3 N–H and O–H groups in total. The Morgan fingerprint density at radius 2 is 2.04 bits per heavy atom. The Morgan fingerprint density at radius 3 is 2.69 bits per heavy atom. The molecular formula is C18H25ClN4O3. The van der Waals surface area contributed by atoms with Crippen LogP contribution in [0.1, 0.15) is 18.5 Å². The molecule has 0 aliphatic carbocycles. The Bertz CT molecular complexity index is 699. The van der Waals surface area contributed by atoms with Crippen molar-refractivity contribution in [1.82, 2.24) is 15.1 Å². The average molecular weight is 381 g/mol. The monoisotopic (exact) mass is 380 g/mol. The van der Waals surface area contributed by atoms with Crippen LogP contribution in [0.15, 0.2) is 36.5 Å². The number of methoxy groups -OCH3 is 1. The summed E-state index contributed by atoms with van der Waals surface area (Å²) in [5, 5.41) is 7.36. The summed E-state index contributed by atoms with van der Waals surface area (Å²) in [5.41, 5.74) is 7.78. The molecule has 7 nitrogen and oxygen atoms in total. The van der Waals surface area contributed by atoms with Crippen molar-refractivity contribution in [2.45, 2.75) is 25.4 Å². The molecule has 2 heterocycles. The van der Waals surface area contributed by atoms with Crippen molar-refractivity contribution in [2.75, 3.05) is 20.3 Å². The van der Waals surface area contributed by atoms with Crippen molar-refractivity contribution in [3.8, 4) is 11.4 Å². The highest BCUT2D eigenvalue weighted by atomic mass is 35.5. The maximum atomic E-state index is 12.2. The van der Waals surface area contributed by atoms with E-state index in [1.54, 1.807) is 11.8 Å². The number of nitrogens with two attached hydrogens (primary N) is 1. The zero-order valence-corrected chi connectivity index (χ0v) is 15.6. The Morgan fingerprint density at radius 1 is 1.35 bits per heavy atom. The van der Waals surface area contributed by atoms with Crippen molar-refractivity contribution < 1.29 is 14.3 Å². The molecule has 1 fully saturated rings. The van der Waals surface area contributed by atoms with Crippen LogP contribution in [0, 0.1) is 5.92 Å². The molecule has 1 aromatic heterocycles. The van der Waals surface area contributed by atoms with Crippen LogP contribution in [-0.4, -0.2) is 42.1 Å². The number of carbonyl (C=O) groups excluding carboxylic acids is 1. The highest BCUT2D eigenvalue weighted by Gasteiger charge is 2.26. The Hall–Kier alpha value is -2.09. The van der Waals surface area contributed by atoms with Crippen LogP contribution in [0.4, 0.5) is 0 Å². The second-order valence-corrected chi connectivity index (χ2v) is 6.14. The molecule has 26 heavy (non-hydrogen) atoms. The van der Waals surface area contributed by atoms with E-state index < -0.39 is 6.04 Å². The second-order valence-electron chi connectivity index (χ2n) is 6.14. The molecule has 0 bridgehead atoms. The molecule has 142 valence electrons. The van der Waals surface area contributed by atoms with Gasteiger partial charge in [0.2, 0.25) is 5.91 Å². The summed E-state index contributed by atoms with van der Waals surface area (Å²) >= 11 is 0. The van der Waals surface area contributed by atoms with E-state index in [1.165, 1.54) is 0 Å². The summed E-state index contributed by atoms with van der Waals surface area (Å²) < 4.78 is 12.2. The first-order valence-corrected chi connectivity index (χ1v) is 8.47. The maximum absolute atomic E-state index is 12.2. The fourth-order valence-corrected chi connectivity index (χ4v) is 2.92. The number of hydrogen-bond donors (Lipinski definition) is 2. The number of ether oxygens (including phenoxy) is 2. The SMILES string of the molecule is COc1ccc(-n2ccc(CNC(=O)C(N)C3CCOCC3)n2)cc1.Cl. The molecule has 1 aliphatic rings. The van der Waals surface area contributed by atoms with Crippen molar-refractivity contribution in [3.05, 3.63) is 42.2 Å². The largest absolute Gasteiger partial charge is 0.497 e. The molecule has 1 aromatic carbocycles. The minimum absolute atomic E-state index is 0. The minimum Gasteiger partial charge on any atom is -0.497 e. The van der Waals surface area contributed by atoms with Gasteiger partial charge in [0.1, 0.15) is 5.75 Å². The lowest BCUT2D eigenvalue weighted by Crippen LogP contribution is -2.46. The van der Waals surface area contributed by atoms with Gasteiger partial charge in [0.05, 0.1) is 31.1 Å². The summed E-state index contributed by atoms with van der Waals surface area (Å²) in [4.78, 5) is 12.2. The highest BCUT2D eigenvalue weighted by molar-refractivity contribution is 5.85. The molecular weight excluding hydrogens is 356 g/mol. The Balaban J connectivity index is 0.00000243. The molecule has 8 heteroatoms. The third-order valence-corrected chi connectivity index (χ3v) is 4.50. The average Bonchev–Trinajstić information content (AvgIpc) is 3.15. The number of benzene rings is 1. The van der Waals surface area contributed by atoms with Gasteiger partial charge in [-0.2, -0.15) is 5.10 Å². The molecule has 3 rings (SSSR count). The van der Waals surface area contributed by atoms with Gasteiger partial charge in [0.25, 0.3) is 0 Å². The number of aromatic nitrogens is 2. The quantitative estimate of drug-likeness (QED) is 0.795. The van der Waals surface area contributed by atoms with Gasteiger partial charge in [-0.1, -0.05) is 0 Å². The van der Waals surface area contributed by atoms with Crippen LogP contribution in [-0.2, 0) is 16.1 Å². The summed E-state index contributed by atoms with van der Waals surface area (Å²) in [5.74, 6) is 0.849. The predicted molar refractivity (Wildman–Crippen MR) is 101 cm³/mol. The number of halogens is 1. The van der Waals surface area contributed by atoms with Crippen LogP contribution < -0.4 is 15.8 Å². The summed E-state index contributed by atoms with van der Waals surface area (Å²) in [6.07, 6.45) is 3.53. The molecule has 1 amide bonds. The maximum Gasteiger partial charge on any atom is 0.237 e. The molecule has 0 radical (unpaired) electrons. The van der Waals surface area contributed by atoms with E-state index in [2.05, 4.69) is 10.4 Å². The molecule has 0 spiro atoms. The number of nitrogens with zero attached hydrogens (tertiary/aromatic N) is 2. The molecule has 1 saturated heterocycles. The first-order chi connectivity index (χ1) is 12.2. The van der Waals surface area contributed by atoms with Gasteiger partial charge in [-0.25, -0.2) is 4.68 Å². The van der Waals surface area contributed by atoms with Crippen molar-refractivity contribution in [1.29, 1.82) is 0 Å². The standard InChI is InChI=1S/C18H24N4O3.ClH/c1-24-16-4-2-15(3-5-16)22-9-6-14(21-22)12-20-18(23)17(19)13-7-10-25-11-8-13;/h2-6,9,13,17H,7-8,10-12,19H2,1H3,(H,20,23);1H. The number of carbonyl (C=O) groups is 1. The fraction of sp³-hybridized carbons (Fsp3) is 0.444. The summed E-state index contributed by atoms with van der Waals surface area (Å²) in [7, 11) is 1.63. The predicted octanol–water partition coefficient (Wildman–Crippen LogP) is 1.67. The molecule has 1 unspecified atom stereocenters. The van der Waals surface area contributed by atoms with Crippen molar-refractivity contribution >= 4 is 18.3 Å². The Labute approximate surface area is 159 Å². The van der Waals surface area contributed by atoms with Crippen LogP contribution >= 0.6 is 12.4 Å². The number of nitrogens with one attached hydrogen (secondary N) is 1. The lowest BCUT2D eigenvalue weighted by atomic mass is 9.92. The van der Waals surface area contributed by atoms with Crippen LogP contribution in [0.2, 0.25) is 0 Å². The van der Waals surface area contributed by atoms with E-state index in [4.69, 9.17) is 15.2 Å². The molecule has 1 aliphatic heterocycles. The van der Waals surface area contributed by atoms with E-state index in [0.29, 0.717) is 19.8 Å². The van der Waals surface area contributed by atoms with Crippen LogP contribution in [0.25, 0.3) is 5.69 Å². The van der Waals surface area contributed by atoms with Gasteiger partial charge >= 0.3 is 0 Å². The number of hydrogen-bond acceptors (Lipinski definition) is 5. The third-order valence-electron chi connectivity index (χ3n) is 4.50. The first kappa shape index (κ1) is 20.2. The van der Waals surface area contributed by atoms with Crippen LogP contribution in [0.3, 0.4) is 0 Å². The molecule has 2 aromatic rings. The lowest BCUT2D eigenvalue weighted by Gasteiger charge is -2.26. The van der Waals surface area contributed by atoms with Gasteiger partial charge in [-0.05, 0) is 49.1 Å². The minimum atomic E-state index is -0.493.